The molecule has 2 rings (SSSR count). The SMILES string of the molecule is CC(C)Cn1ncc(NC(=O)NCCCC(=O)O)c1C1CC1. The van der Waals surface area contributed by atoms with Crippen molar-refractivity contribution in [3.63, 3.8) is 0 Å². The molecule has 22 heavy (non-hydrogen) atoms. The van der Waals surface area contributed by atoms with Crippen molar-refractivity contribution in [3.05, 3.63) is 11.9 Å². The topological polar surface area (TPSA) is 96.3 Å². The molecule has 0 bridgehead atoms. The van der Waals surface area contributed by atoms with Gasteiger partial charge in [-0.2, -0.15) is 5.10 Å². The van der Waals surface area contributed by atoms with Crippen molar-refractivity contribution in [1.29, 1.82) is 0 Å². The Balaban J connectivity index is 1.90. The maximum atomic E-state index is 11.9. The molecule has 1 aliphatic rings. The number of hydrogen-bond donors (Lipinski definition) is 3. The van der Waals surface area contributed by atoms with Crippen molar-refractivity contribution in [1.82, 2.24) is 15.1 Å². The number of carbonyl (C=O) groups excluding carboxylic acids is 1. The molecule has 1 heterocycles. The summed E-state index contributed by atoms with van der Waals surface area (Å²) in [6.07, 6.45) is 4.45. The Labute approximate surface area is 130 Å². The molecule has 2 amide bonds. The summed E-state index contributed by atoms with van der Waals surface area (Å²) in [7, 11) is 0. The molecular weight excluding hydrogens is 284 g/mol. The summed E-state index contributed by atoms with van der Waals surface area (Å²) in [5.74, 6) is 0.131. The molecule has 1 aliphatic carbocycles. The third-order valence-corrected chi connectivity index (χ3v) is 3.48. The maximum absolute atomic E-state index is 11.9. The molecule has 0 saturated heterocycles. The first-order chi connectivity index (χ1) is 10.5. The minimum absolute atomic E-state index is 0.0555. The zero-order chi connectivity index (χ0) is 16.1. The summed E-state index contributed by atoms with van der Waals surface area (Å²) >= 11 is 0. The number of anilines is 1. The normalized spacial score (nSPS) is 14.1. The van der Waals surface area contributed by atoms with Crippen LogP contribution in [-0.4, -0.2) is 33.4 Å². The van der Waals surface area contributed by atoms with E-state index in [1.165, 1.54) is 0 Å². The second kappa shape index (κ2) is 7.29. The van der Waals surface area contributed by atoms with Crippen LogP contribution in [0.1, 0.15) is 51.1 Å². The van der Waals surface area contributed by atoms with Crippen LogP contribution < -0.4 is 10.6 Å². The van der Waals surface area contributed by atoms with Crippen LogP contribution in [0.3, 0.4) is 0 Å². The minimum atomic E-state index is -0.854. The summed E-state index contributed by atoms with van der Waals surface area (Å²) in [5.41, 5.74) is 1.87. The number of carbonyl (C=O) groups is 2. The largest absolute Gasteiger partial charge is 0.481 e. The highest BCUT2D eigenvalue weighted by molar-refractivity contribution is 5.89. The Morgan fingerprint density at radius 2 is 2.18 bits per heavy atom. The number of rotatable bonds is 8. The summed E-state index contributed by atoms with van der Waals surface area (Å²) in [6, 6.07) is -0.309. The van der Waals surface area contributed by atoms with E-state index in [1.54, 1.807) is 6.20 Å². The Morgan fingerprint density at radius 1 is 1.45 bits per heavy atom. The monoisotopic (exact) mass is 308 g/mol. The fourth-order valence-electron chi connectivity index (χ4n) is 2.38. The van der Waals surface area contributed by atoms with Gasteiger partial charge in [0, 0.05) is 25.4 Å². The van der Waals surface area contributed by atoms with E-state index in [4.69, 9.17) is 5.11 Å². The van der Waals surface area contributed by atoms with Crippen molar-refractivity contribution in [3.8, 4) is 0 Å². The molecule has 3 N–H and O–H groups in total. The van der Waals surface area contributed by atoms with Gasteiger partial charge in [-0.15, -0.1) is 0 Å². The van der Waals surface area contributed by atoms with Gasteiger partial charge in [0.15, 0.2) is 0 Å². The van der Waals surface area contributed by atoms with Gasteiger partial charge < -0.3 is 15.7 Å². The van der Waals surface area contributed by atoms with Gasteiger partial charge in [0.2, 0.25) is 0 Å². The lowest BCUT2D eigenvalue weighted by molar-refractivity contribution is -0.137. The fraction of sp³-hybridized carbons (Fsp3) is 0.667. The van der Waals surface area contributed by atoms with Gasteiger partial charge in [-0.05, 0) is 25.2 Å². The molecular formula is C15H24N4O3. The van der Waals surface area contributed by atoms with Crippen LogP contribution >= 0.6 is 0 Å². The number of carboxylic acids is 1. The predicted molar refractivity (Wildman–Crippen MR) is 82.9 cm³/mol. The third-order valence-electron chi connectivity index (χ3n) is 3.48. The average Bonchev–Trinajstić information content (AvgIpc) is 3.18. The van der Waals surface area contributed by atoms with Gasteiger partial charge in [-0.3, -0.25) is 9.48 Å². The highest BCUT2D eigenvalue weighted by Crippen LogP contribution is 2.43. The highest BCUT2D eigenvalue weighted by Gasteiger charge is 2.31. The quantitative estimate of drug-likeness (QED) is 0.642. The van der Waals surface area contributed by atoms with E-state index in [-0.39, 0.29) is 12.5 Å². The fourth-order valence-corrected chi connectivity index (χ4v) is 2.38. The number of hydrogen-bond acceptors (Lipinski definition) is 3. The molecule has 7 nitrogen and oxygen atoms in total. The molecule has 0 spiro atoms. The van der Waals surface area contributed by atoms with Crippen LogP contribution in [0.4, 0.5) is 10.5 Å². The van der Waals surface area contributed by atoms with Gasteiger partial charge in [-0.25, -0.2) is 4.79 Å². The number of nitrogens with zero attached hydrogens (tertiary/aromatic N) is 2. The molecule has 0 aliphatic heterocycles. The molecule has 1 saturated carbocycles. The van der Waals surface area contributed by atoms with E-state index in [1.807, 2.05) is 4.68 Å². The smallest absolute Gasteiger partial charge is 0.319 e. The minimum Gasteiger partial charge on any atom is -0.481 e. The van der Waals surface area contributed by atoms with E-state index in [0.717, 1.165) is 30.8 Å². The molecule has 7 heteroatoms. The maximum Gasteiger partial charge on any atom is 0.319 e. The van der Waals surface area contributed by atoms with E-state index in [9.17, 15) is 9.59 Å². The molecule has 0 atom stereocenters. The summed E-state index contributed by atoms with van der Waals surface area (Å²) < 4.78 is 1.99. The molecule has 122 valence electrons. The number of nitrogens with one attached hydrogen (secondary N) is 2. The van der Waals surface area contributed by atoms with Crippen molar-refractivity contribution in [2.24, 2.45) is 5.92 Å². The predicted octanol–water partition coefficient (Wildman–Crippen LogP) is 2.40. The van der Waals surface area contributed by atoms with Gasteiger partial charge >= 0.3 is 12.0 Å². The van der Waals surface area contributed by atoms with Crippen molar-refractivity contribution in [2.75, 3.05) is 11.9 Å². The van der Waals surface area contributed by atoms with Crippen LogP contribution in [0.25, 0.3) is 0 Å². The molecule has 0 radical (unpaired) electrons. The lowest BCUT2D eigenvalue weighted by atomic mass is 10.2. The zero-order valence-corrected chi connectivity index (χ0v) is 13.1. The number of carboxylic acid groups (broad SMARTS) is 1. The van der Waals surface area contributed by atoms with E-state index >= 15 is 0 Å². The standard InChI is InChI=1S/C15H24N4O3/c1-10(2)9-19-14(11-5-6-11)12(8-17-19)18-15(22)16-7-3-4-13(20)21/h8,10-11H,3-7,9H2,1-2H3,(H,20,21)(H2,16,18,22). The Bertz CT molecular complexity index is 535. The first-order valence-electron chi connectivity index (χ1n) is 7.79. The molecule has 1 aromatic heterocycles. The van der Waals surface area contributed by atoms with Crippen molar-refractivity contribution < 1.29 is 14.7 Å². The summed E-state index contributed by atoms with van der Waals surface area (Å²) in [4.78, 5) is 22.3. The molecule has 1 fully saturated rings. The van der Waals surface area contributed by atoms with Gasteiger partial charge in [0.25, 0.3) is 0 Å². The first-order valence-corrected chi connectivity index (χ1v) is 7.79. The van der Waals surface area contributed by atoms with E-state index in [0.29, 0.717) is 24.8 Å². The highest BCUT2D eigenvalue weighted by atomic mass is 16.4. The number of urea groups is 1. The Kier molecular flexibility index (Phi) is 5.41. The lowest BCUT2D eigenvalue weighted by Crippen LogP contribution is -2.30. The Hall–Kier alpha value is -2.05. The van der Waals surface area contributed by atoms with Gasteiger partial charge in [0.05, 0.1) is 17.6 Å². The molecule has 0 unspecified atom stereocenters. The number of amides is 2. The zero-order valence-electron chi connectivity index (χ0n) is 13.1. The molecule has 0 aromatic carbocycles. The van der Waals surface area contributed by atoms with Crippen molar-refractivity contribution >= 4 is 17.7 Å². The second-order valence-corrected chi connectivity index (χ2v) is 6.17. The summed E-state index contributed by atoms with van der Waals surface area (Å²) in [5, 5.41) is 18.4. The Morgan fingerprint density at radius 3 is 2.77 bits per heavy atom. The lowest BCUT2D eigenvalue weighted by Gasteiger charge is -2.12. The van der Waals surface area contributed by atoms with E-state index in [2.05, 4.69) is 29.6 Å². The number of aromatic nitrogens is 2. The number of aliphatic carboxylic acids is 1. The van der Waals surface area contributed by atoms with Crippen LogP contribution in [0, 0.1) is 5.92 Å². The average molecular weight is 308 g/mol. The third kappa shape index (κ3) is 4.75. The van der Waals surface area contributed by atoms with E-state index < -0.39 is 5.97 Å². The van der Waals surface area contributed by atoms with Gasteiger partial charge in [0.1, 0.15) is 0 Å². The van der Waals surface area contributed by atoms with Crippen LogP contribution in [0.5, 0.6) is 0 Å². The second-order valence-electron chi connectivity index (χ2n) is 6.17. The first kappa shape index (κ1) is 16.3. The summed E-state index contributed by atoms with van der Waals surface area (Å²) in [6.45, 7) is 5.46. The van der Waals surface area contributed by atoms with Crippen molar-refractivity contribution in [2.45, 2.75) is 52.0 Å². The van der Waals surface area contributed by atoms with Crippen LogP contribution in [-0.2, 0) is 11.3 Å². The van der Waals surface area contributed by atoms with Crippen LogP contribution in [0.15, 0.2) is 6.20 Å². The molecule has 1 aromatic rings. The van der Waals surface area contributed by atoms with Crippen LogP contribution in [0.2, 0.25) is 0 Å². The van der Waals surface area contributed by atoms with Gasteiger partial charge in [-0.1, -0.05) is 13.8 Å².